The van der Waals surface area contributed by atoms with E-state index in [1.807, 2.05) is 17.9 Å². The Bertz CT molecular complexity index is 545. The van der Waals surface area contributed by atoms with Gasteiger partial charge in [0.2, 0.25) is 0 Å². The molecule has 0 atom stereocenters. The first kappa shape index (κ1) is 15.1. The molecule has 1 aromatic carbocycles. The topological polar surface area (TPSA) is 32.8 Å². The molecule has 4 nitrogen and oxygen atoms in total. The lowest BCUT2D eigenvalue weighted by Crippen LogP contribution is -2.49. The van der Waals surface area contributed by atoms with Gasteiger partial charge in [0.15, 0.2) is 0 Å². The van der Waals surface area contributed by atoms with Gasteiger partial charge in [0, 0.05) is 32.7 Å². The molecular weight excluding hydrogens is 276 g/mol. The zero-order chi connectivity index (χ0) is 15.4. The van der Waals surface area contributed by atoms with Crippen LogP contribution < -0.4 is 0 Å². The van der Waals surface area contributed by atoms with E-state index in [9.17, 15) is 4.79 Å². The van der Waals surface area contributed by atoms with Crippen molar-refractivity contribution in [2.75, 3.05) is 32.8 Å². The molecule has 1 saturated heterocycles. The Morgan fingerprint density at radius 2 is 1.86 bits per heavy atom. The van der Waals surface area contributed by atoms with Crippen molar-refractivity contribution in [3.63, 3.8) is 0 Å². The Morgan fingerprint density at radius 3 is 2.55 bits per heavy atom. The number of benzene rings is 1. The highest BCUT2D eigenvalue weighted by Crippen LogP contribution is 2.21. The van der Waals surface area contributed by atoms with Crippen LogP contribution in [0, 0.1) is 0 Å². The number of allylic oxidation sites excluding steroid dienone is 1. The van der Waals surface area contributed by atoms with Crippen molar-refractivity contribution in [1.29, 1.82) is 0 Å². The molecule has 2 aliphatic rings. The highest BCUT2D eigenvalue weighted by molar-refractivity contribution is 5.94. The van der Waals surface area contributed by atoms with Crippen molar-refractivity contribution in [2.24, 2.45) is 0 Å². The molecule has 1 aromatic rings. The predicted octanol–water partition coefficient (Wildman–Crippen LogP) is 2.42. The molecule has 0 N–H and O–H groups in total. The molecule has 2 heterocycles. The third kappa shape index (κ3) is 3.50. The largest absolute Gasteiger partial charge is 0.498 e. The average molecular weight is 300 g/mol. The quantitative estimate of drug-likeness (QED) is 0.859. The summed E-state index contributed by atoms with van der Waals surface area (Å²) in [5.74, 6) is 1.000. The summed E-state index contributed by atoms with van der Waals surface area (Å²) in [4.78, 5) is 17.0. The highest BCUT2D eigenvalue weighted by Gasteiger charge is 2.26. The number of hydrogen-bond donors (Lipinski definition) is 0. The molecule has 4 heteroatoms. The van der Waals surface area contributed by atoms with Crippen molar-refractivity contribution in [2.45, 2.75) is 26.3 Å². The van der Waals surface area contributed by atoms with Crippen molar-refractivity contribution in [1.82, 2.24) is 9.80 Å². The van der Waals surface area contributed by atoms with Gasteiger partial charge in [0.25, 0.3) is 5.91 Å². The van der Waals surface area contributed by atoms with Crippen LogP contribution in [0.25, 0.3) is 0 Å². The van der Waals surface area contributed by atoms with E-state index >= 15 is 0 Å². The minimum atomic E-state index is 0.177. The summed E-state index contributed by atoms with van der Waals surface area (Å²) < 4.78 is 5.52. The molecular formula is C18H24N2O2. The number of piperazine rings is 1. The lowest BCUT2D eigenvalue weighted by atomic mass is 10.1. The van der Waals surface area contributed by atoms with Crippen molar-refractivity contribution in [3.8, 4) is 0 Å². The normalized spacial score (nSPS) is 20.0. The second-order valence-electron chi connectivity index (χ2n) is 6.04. The number of nitrogens with zero attached hydrogens (tertiary/aromatic N) is 2. The summed E-state index contributed by atoms with van der Waals surface area (Å²) in [6.07, 6.45) is 1.81. The molecule has 0 bridgehead atoms. The summed E-state index contributed by atoms with van der Waals surface area (Å²) in [6, 6.07) is 10.5. The SMILES string of the molecule is CC1=C(C(=O)N2CCN(Cc3ccccc3)CC2)CCCO1. The number of rotatable bonds is 3. The standard InChI is InChI=1S/C18H24N2O2/c1-15-17(8-5-13-22-15)18(21)20-11-9-19(10-12-20)14-16-6-3-2-4-7-16/h2-4,6-7H,5,8-14H2,1H3. The van der Waals surface area contributed by atoms with Gasteiger partial charge in [-0.05, 0) is 25.3 Å². The van der Waals surface area contributed by atoms with Crippen molar-refractivity contribution >= 4 is 5.91 Å². The molecule has 2 aliphatic heterocycles. The molecule has 0 aliphatic carbocycles. The molecule has 0 spiro atoms. The molecule has 0 aromatic heterocycles. The maximum absolute atomic E-state index is 12.6. The molecule has 1 amide bonds. The fourth-order valence-corrected chi connectivity index (χ4v) is 3.14. The fraction of sp³-hybridized carbons (Fsp3) is 0.500. The van der Waals surface area contributed by atoms with E-state index in [1.54, 1.807) is 0 Å². The first-order valence-corrected chi connectivity index (χ1v) is 8.12. The maximum Gasteiger partial charge on any atom is 0.253 e. The van der Waals surface area contributed by atoms with Crippen LogP contribution in [0.3, 0.4) is 0 Å². The Labute approximate surface area is 132 Å². The highest BCUT2D eigenvalue weighted by atomic mass is 16.5. The van der Waals surface area contributed by atoms with Crippen LogP contribution in [0.5, 0.6) is 0 Å². The Morgan fingerprint density at radius 1 is 1.14 bits per heavy atom. The molecule has 22 heavy (non-hydrogen) atoms. The van der Waals surface area contributed by atoms with E-state index in [2.05, 4.69) is 29.2 Å². The van der Waals surface area contributed by atoms with Crippen LogP contribution in [0.1, 0.15) is 25.3 Å². The van der Waals surface area contributed by atoms with E-state index in [0.717, 1.165) is 63.5 Å². The van der Waals surface area contributed by atoms with Crippen LogP contribution in [0.2, 0.25) is 0 Å². The van der Waals surface area contributed by atoms with Crippen LogP contribution >= 0.6 is 0 Å². The van der Waals surface area contributed by atoms with Crippen LogP contribution in [0.4, 0.5) is 0 Å². The first-order valence-electron chi connectivity index (χ1n) is 8.12. The third-order valence-corrected chi connectivity index (χ3v) is 4.48. The number of carbonyl (C=O) groups is 1. The van der Waals surface area contributed by atoms with Gasteiger partial charge in [0.05, 0.1) is 12.2 Å². The Balaban J connectivity index is 1.54. The number of amides is 1. The van der Waals surface area contributed by atoms with E-state index in [1.165, 1.54) is 5.56 Å². The number of carbonyl (C=O) groups excluding carboxylic acids is 1. The summed E-state index contributed by atoms with van der Waals surface area (Å²) in [5.41, 5.74) is 2.21. The monoisotopic (exact) mass is 300 g/mol. The van der Waals surface area contributed by atoms with Gasteiger partial charge in [-0.1, -0.05) is 30.3 Å². The van der Waals surface area contributed by atoms with Gasteiger partial charge in [-0.2, -0.15) is 0 Å². The zero-order valence-electron chi connectivity index (χ0n) is 13.3. The van der Waals surface area contributed by atoms with Gasteiger partial charge in [-0.3, -0.25) is 9.69 Å². The van der Waals surface area contributed by atoms with Crippen LogP contribution in [0.15, 0.2) is 41.7 Å². The molecule has 0 radical (unpaired) electrons. The minimum absolute atomic E-state index is 0.177. The third-order valence-electron chi connectivity index (χ3n) is 4.48. The minimum Gasteiger partial charge on any atom is -0.498 e. The van der Waals surface area contributed by atoms with E-state index in [4.69, 9.17) is 4.74 Å². The van der Waals surface area contributed by atoms with Gasteiger partial charge in [-0.15, -0.1) is 0 Å². The van der Waals surface area contributed by atoms with Gasteiger partial charge >= 0.3 is 0 Å². The van der Waals surface area contributed by atoms with Crippen LogP contribution in [-0.2, 0) is 16.1 Å². The zero-order valence-corrected chi connectivity index (χ0v) is 13.3. The van der Waals surface area contributed by atoms with Crippen molar-refractivity contribution < 1.29 is 9.53 Å². The van der Waals surface area contributed by atoms with E-state index < -0.39 is 0 Å². The second kappa shape index (κ2) is 6.97. The van der Waals surface area contributed by atoms with Crippen molar-refractivity contribution in [3.05, 3.63) is 47.2 Å². The summed E-state index contributed by atoms with van der Waals surface area (Å²) >= 11 is 0. The van der Waals surface area contributed by atoms with Crippen LogP contribution in [-0.4, -0.2) is 48.5 Å². The molecule has 0 unspecified atom stereocenters. The smallest absolute Gasteiger partial charge is 0.253 e. The predicted molar refractivity (Wildman–Crippen MR) is 86.2 cm³/mol. The van der Waals surface area contributed by atoms with E-state index in [-0.39, 0.29) is 5.91 Å². The van der Waals surface area contributed by atoms with Gasteiger partial charge < -0.3 is 9.64 Å². The fourth-order valence-electron chi connectivity index (χ4n) is 3.14. The molecule has 0 saturated carbocycles. The molecule has 3 rings (SSSR count). The first-order chi connectivity index (χ1) is 10.7. The lowest BCUT2D eigenvalue weighted by molar-refractivity contribution is -0.129. The number of ether oxygens (including phenoxy) is 1. The van der Waals surface area contributed by atoms with Gasteiger partial charge in [0.1, 0.15) is 5.76 Å². The summed E-state index contributed by atoms with van der Waals surface area (Å²) in [6.45, 7) is 7.12. The Kier molecular flexibility index (Phi) is 4.78. The number of hydrogen-bond acceptors (Lipinski definition) is 3. The molecule has 1 fully saturated rings. The molecule has 118 valence electrons. The van der Waals surface area contributed by atoms with E-state index in [0.29, 0.717) is 0 Å². The summed E-state index contributed by atoms with van der Waals surface area (Å²) in [7, 11) is 0. The Hall–Kier alpha value is -1.81. The van der Waals surface area contributed by atoms with Gasteiger partial charge in [-0.25, -0.2) is 0 Å². The summed E-state index contributed by atoms with van der Waals surface area (Å²) in [5, 5.41) is 0. The maximum atomic E-state index is 12.6. The average Bonchev–Trinajstić information content (AvgIpc) is 2.56. The lowest BCUT2D eigenvalue weighted by Gasteiger charge is -2.35. The second-order valence-corrected chi connectivity index (χ2v) is 6.04.